The molecule has 0 spiro atoms. The Morgan fingerprint density at radius 3 is 1.64 bits per heavy atom. The van der Waals surface area contributed by atoms with E-state index >= 15 is 0 Å². The summed E-state index contributed by atoms with van der Waals surface area (Å²) < 4.78 is 6.77. The fourth-order valence-corrected chi connectivity index (χ4v) is 9.70. The molecule has 12 rings (SSSR count). The first-order valence-electron chi connectivity index (χ1n) is 20.1. The molecule has 0 bridgehead atoms. The predicted octanol–water partition coefficient (Wildman–Crippen LogP) is 15.4. The van der Waals surface area contributed by atoms with Gasteiger partial charge in [0, 0.05) is 27.3 Å². The third-order valence-corrected chi connectivity index (χ3v) is 12.6. The molecular formula is C56H37NO. The lowest BCUT2D eigenvalue weighted by Gasteiger charge is -2.22. The van der Waals surface area contributed by atoms with Crippen molar-refractivity contribution in [2.24, 2.45) is 0 Å². The van der Waals surface area contributed by atoms with E-state index in [-0.39, 0.29) is 5.41 Å². The maximum absolute atomic E-state index is 6.77. The standard InChI is InChI=1S/C56H37NO/c1-56(2)50-22-11-10-21-44(50)45-25-24-38(28-51(45)56)53-30-39(29-52(57-53)37-16-12-15-35(27-37)34-13-4-3-5-14-34)36-23-26-46-49-32-47-42-19-8-6-17-40(42)41-18-7-9-20-43(41)48(47)33-55(49)58-54(46)31-36/h3-33H,1-2H3. The van der Waals surface area contributed by atoms with Gasteiger partial charge in [-0.3, -0.25) is 0 Å². The first-order valence-corrected chi connectivity index (χ1v) is 20.1. The normalized spacial score (nSPS) is 13.1. The molecule has 2 heterocycles. The van der Waals surface area contributed by atoms with Gasteiger partial charge in [-0.05, 0) is 125 Å². The molecule has 0 saturated carbocycles. The molecule has 2 aromatic heterocycles. The van der Waals surface area contributed by atoms with Crippen LogP contribution in [0.25, 0.3) is 110 Å². The number of hydrogen-bond donors (Lipinski definition) is 0. The summed E-state index contributed by atoms with van der Waals surface area (Å²) in [5, 5.41) is 9.74. The summed E-state index contributed by atoms with van der Waals surface area (Å²) in [7, 11) is 0. The van der Waals surface area contributed by atoms with E-state index in [1.165, 1.54) is 65.7 Å². The first-order chi connectivity index (χ1) is 28.5. The molecule has 0 radical (unpaired) electrons. The maximum atomic E-state index is 6.77. The van der Waals surface area contributed by atoms with Crippen LogP contribution in [0.4, 0.5) is 0 Å². The zero-order chi connectivity index (χ0) is 38.5. The Kier molecular flexibility index (Phi) is 7.01. The Labute approximate surface area is 336 Å². The Morgan fingerprint density at radius 1 is 0.328 bits per heavy atom. The molecule has 2 nitrogen and oxygen atoms in total. The summed E-state index contributed by atoms with van der Waals surface area (Å²) >= 11 is 0. The molecule has 0 saturated heterocycles. The SMILES string of the molecule is CC1(C)c2ccccc2-c2ccc(-c3cc(-c4ccc5c(c4)oc4cc6c7ccccc7c7ccccc7c6cc45)cc(-c4cccc(-c5ccccc5)c4)n3)cc21. The lowest BCUT2D eigenvalue weighted by molar-refractivity contribution is 0.660. The van der Waals surface area contributed by atoms with Crippen LogP contribution < -0.4 is 0 Å². The van der Waals surface area contributed by atoms with Crippen molar-refractivity contribution in [3.63, 3.8) is 0 Å². The van der Waals surface area contributed by atoms with Gasteiger partial charge in [0.1, 0.15) is 11.2 Å². The van der Waals surface area contributed by atoms with Crippen LogP contribution in [0.15, 0.2) is 192 Å². The smallest absolute Gasteiger partial charge is 0.136 e. The number of aromatic nitrogens is 1. The highest BCUT2D eigenvalue weighted by Gasteiger charge is 2.35. The van der Waals surface area contributed by atoms with Crippen LogP contribution in [-0.2, 0) is 5.41 Å². The van der Waals surface area contributed by atoms with Gasteiger partial charge in [0.25, 0.3) is 0 Å². The van der Waals surface area contributed by atoms with Crippen LogP contribution >= 0.6 is 0 Å². The average Bonchev–Trinajstić information content (AvgIpc) is 3.76. The number of hydrogen-bond acceptors (Lipinski definition) is 2. The lowest BCUT2D eigenvalue weighted by Crippen LogP contribution is -2.14. The Balaban J connectivity index is 1.04. The molecule has 0 unspecified atom stereocenters. The molecule has 0 atom stereocenters. The van der Waals surface area contributed by atoms with Crippen molar-refractivity contribution < 1.29 is 4.42 Å². The van der Waals surface area contributed by atoms with Crippen LogP contribution in [-0.4, -0.2) is 4.98 Å². The Hall–Kier alpha value is -7.29. The molecule has 9 aromatic carbocycles. The van der Waals surface area contributed by atoms with Gasteiger partial charge in [-0.25, -0.2) is 4.98 Å². The van der Waals surface area contributed by atoms with Crippen LogP contribution in [0.1, 0.15) is 25.0 Å². The van der Waals surface area contributed by atoms with Crippen molar-refractivity contribution in [1.29, 1.82) is 0 Å². The van der Waals surface area contributed by atoms with Crippen LogP contribution in [0.2, 0.25) is 0 Å². The molecule has 1 aliphatic rings. The topological polar surface area (TPSA) is 26.0 Å². The van der Waals surface area contributed by atoms with Crippen molar-refractivity contribution in [3.05, 3.63) is 199 Å². The predicted molar refractivity (Wildman–Crippen MR) is 243 cm³/mol. The van der Waals surface area contributed by atoms with Gasteiger partial charge in [0.2, 0.25) is 0 Å². The molecule has 0 amide bonds. The van der Waals surface area contributed by atoms with E-state index in [2.05, 4.69) is 202 Å². The number of furan rings is 1. The molecule has 58 heavy (non-hydrogen) atoms. The molecule has 0 aliphatic heterocycles. The Morgan fingerprint density at radius 2 is 0.879 bits per heavy atom. The highest BCUT2D eigenvalue weighted by atomic mass is 16.3. The van der Waals surface area contributed by atoms with Crippen molar-refractivity contribution in [2.75, 3.05) is 0 Å². The minimum atomic E-state index is -0.109. The second-order valence-electron chi connectivity index (χ2n) is 16.3. The highest BCUT2D eigenvalue weighted by Crippen LogP contribution is 2.50. The van der Waals surface area contributed by atoms with Crippen LogP contribution in [0, 0.1) is 0 Å². The largest absolute Gasteiger partial charge is 0.456 e. The summed E-state index contributed by atoms with van der Waals surface area (Å²) in [5.74, 6) is 0. The monoisotopic (exact) mass is 739 g/mol. The number of fused-ring (bicyclic) bond motifs is 12. The second kappa shape index (κ2) is 12.4. The summed E-state index contributed by atoms with van der Waals surface area (Å²) in [6.07, 6.45) is 0. The minimum absolute atomic E-state index is 0.109. The number of nitrogens with zero attached hydrogens (tertiary/aromatic N) is 1. The first kappa shape index (κ1) is 32.9. The van der Waals surface area contributed by atoms with Crippen molar-refractivity contribution in [1.82, 2.24) is 4.98 Å². The van der Waals surface area contributed by atoms with E-state index in [0.717, 1.165) is 55.6 Å². The van der Waals surface area contributed by atoms with Gasteiger partial charge in [-0.2, -0.15) is 0 Å². The van der Waals surface area contributed by atoms with E-state index in [0.29, 0.717) is 0 Å². The second-order valence-corrected chi connectivity index (χ2v) is 16.3. The van der Waals surface area contributed by atoms with E-state index in [4.69, 9.17) is 9.40 Å². The molecule has 1 aliphatic carbocycles. The number of rotatable bonds is 4. The highest BCUT2D eigenvalue weighted by molar-refractivity contribution is 6.28. The zero-order valence-corrected chi connectivity index (χ0v) is 32.3. The van der Waals surface area contributed by atoms with Gasteiger partial charge in [0.05, 0.1) is 11.4 Å². The summed E-state index contributed by atoms with van der Waals surface area (Å²) in [5.41, 5.74) is 15.6. The number of benzene rings is 9. The fourth-order valence-electron chi connectivity index (χ4n) is 9.70. The average molecular weight is 740 g/mol. The van der Waals surface area contributed by atoms with Gasteiger partial charge < -0.3 is 4.42 Å². The van der Waals surface area contributed by atoms with Crippen LogP contribution in [0.5, 0.6) is 0 Å². The maximum Gasteiger partial charge on any atom is 0.136 e. The van der Waals surface area contributed by atoms with Crippen molar-refractivity contribution in [2.45, 2.75) is 19.3 Å². The van der Waals surface area contributed by atoms with E-state index < -0.39 is 0 Å². The lowest BCUT2D eigenvalue weighted by atomic mass is 9.82. The van der Waals surface area contributed by atoms with Crippen molar-refractivity contribution in [3.8, 4) is 55.9 Å². The van der Waals surface area contributed by atoms with Gasteiger partial charge in [0.15, 0.2) is 0 Å². The van der Waals surface area contributed by atoms with Gasteiger partial charge in [-0.15, -0.1) is 0 Å². The van der Waals surface area contributed by atoms with Crippen molar-refractivity contribution >= 4 is 54.3 Å². The van der Waals surface area contributed by atoms with E-state index in [1.54, 1.807) is 0 Å². The minimum Gasteiger partial charge on any atom is -0.456 e. The molecule has 11 aromatic rings. The molecular weight excluding hydrogens is 703 g/mol. The van der Waals surface area contributed by atoms with Crippen LogP contribution in [0.3, 0.4) is 0 Å². The van der Waals surface area contributed by atoms with Gasteiger partial charge in [-0.1, -0.05) is 153 Å². The number of pyridine rings is 1. The van der Waals surface area contributed by atoms with E-state index in [9.17, 15) is 0 Å². The third-order valence-electron chi connectivity index (χ3n) is 12.6. The zero-order valence-electron chi connectivity index (χ0n) is 32.3. The Bertz CT molecular complexity index is 3480. The quantitative estimate of drug-likeness (QED) is 0.168. The third kappa shape index (κ3) is 4.95. The summed E-state index contributed by atoms with van der Waals surface area (Å²) in [4.78, 5) is 5.41. The molecule has 0 N–H and O–H groups in total. The van der Waals surface area contributed by atoms with E-state index in [1.807, 2.05) is 0 Å². The summed E-state index contributed by atoms with van der Waals surface area (Å²) in [6, 6.07) is 68.2. The summed E-state index contributed by atoms with van der Waals surface area (Å²) in [6.45, 7) is 4.67. The molecule has 2 heteroatoms. The fraction of sp³-hybridized carbons (Fsp3) is 0.0536. The molecule has 0 fully saturated rings. The molecule has 272 valence electrons. The van der Waals surface area contributed by atoms with Gasteiger partial charge >= 0.3 is 0 Å².